The number of hydrogen-bond acceptors (Lipinski definition) is 3. The number of para-hydroxylation sites is 1. The zero-order valence-corrected chi connectivity index (χ0v) is 18.1. The monoisotopic (exact) mass is 430 g/mol. The van der Waals surface area contributed by atoms with E-state index < -0.39 is 0 Å². The van der Waals surface area contributed by atoms with Gasteiger partial charge in [-0.2, -0.15) is 0 Å². The first-order valence-electron chi connectivity index (χ1n) is 10.8. The molecule has 1 aliphatic heterocycles. The molecule has 7 rings (SSSR count). The van der Waals surface area contributed by atoms with Crippen LogP contribution in [0.1, 0.15) is 35.6 Å². The molecule has 0 radical (unpaired) electrons. The highest BCUT2D eigenvalue weighted by molar-refractivity contribution is 8.00. The fraction of sp³-hybridized carbons (Fsp3) is 0.320. The van der Waals surface area contributed by atoms with Crippen LogP contribution in [-0.4, -0.2) is 15.2 Å². The van der Waals surface area contributed by atoms with Crippen molar-refractivity contribution < 1.29 is 0 Å². The third-order valence-corrected chi connectivity index (χ3v) is 10.2. The van der Waals surface area contributed by atoms with E-state index in [0.29, 0.717) is 11.2 Å². The minimum atomic E-state index is 0.0888. The van der Waals surface area contributed by atoms with Gasteiger partial charge >= 0.3 is 4.87 Å². The van der Waals surface area contributed by atoms with E-state index >= 15 is 0 Å². The van der Waals surface area contributed by atoms with E-state index in [-0.39, 0.29) is 10.8 Å². The molecule has 5 heteroatoms. The van der Waals surface area contributed by atoms with Gasteiger partial charge in [0.1, 0.15) is 0 Å². The first-order valence-corrected chi connectivity index (χ1v) is 12.5. The van der Waals surface area contributed by atoms with E-state index in [9.17, 15) is 4.79 Å². The number of nitrogens with one attached hydrogen (secondary N) is 2. The highest BCUT2D eigenvalue weighted by atomic mass is 32.2. The lowest BCUT2D eigenvalue weighted by molar-refractivity contribution is 0.309. The summed E-state index contributed by atoms with van der Waals surface area (Å²) in [4.78, 5) is 20.7. The number of hydrogen-bond donors (Lipinski definition) is 2. The molecule has 2 aliphatic carbocycles. The van der Waals surface area contributed by atoms with Gasteiger partial charge in [0.2, 0.25) is 0 Å². The summed E-state index contributed by atoms with van der Waals surface area (Å²) in [7, 11) is 0. The van der Waals surface area contributed by atoms with Gasteiger partial charge in [0.15, 0.2) is 0 Å². The molecular formula is C25H22N2OS2. The summed E-state index contributed by atoms with van der Waals surface area (Å²) in [6.07, 6.45) is 4.07. The average molecular weight is 431 g/mol. The van der Waals surface area contributed by atoms with Gasteiger partial charge in [-0.15, -0.1) is 11.8 Å². The maximum absolute atomic E-state index is 12.4. The maximum Gasteiger partial charge on any atom is 0.305 e. The van der Waals surface area contributed by atoms with Gasteiger partial charge in [-0.3, -0.25) is 4.79 Å². The van der Waals surface area contributed by atoms with E-state index in [1.165, 1.54) is 63.2 Å². The largest absolute Gasteiger partial charge is 0.354 e. The molecule has 0 amide bonds. The molecule has 3 aliphatic rings. The highest BCUT2D eigenvalue weighted by Gasteiger charge is 2.55. The van der Waals surface area contributed by atoms with E-state index in [4.69, 9.17) is 0 Å². The van der Waals surface area contributed by atoms with Crippen molar-refractivity contribution in [3.05, 3.63) is 74.7 Å². The molecule has 30 heavy (non-hydrogen) atoms. The molecule has 150 valence electrons. The average Bonchev–Trinajstić information content (AvgIpc) is 3.54. The standard InChI is InChI=1S/C25H22N2OS2/c28-25-27-24-23(30-25)20(18-14-10-11-15(12-14)22(18)29-24)19-16-8-4-5-9-17(16)26-21(19)13-6-2-1-3-7-13/h1-9,14-15,18,20,22,26H,10-12H2,(H,27,28)/t14-,15-,18-,20-,22-/m1/s1. The Morgan fingerprint density at radius 3 is 2.60 bits per heavy atom. The van der Waals surface area contributed by atoms with E-state index in [2.05, 4.69) is 64.6 Å². The van der Waals surface area contributed by atoms with E-state index in [1.54, 1.807) is 0 Å². The Morgan fingerprint density at radius 2 is 1.70 bits per heavy atom. The highest BCUT2D eigenvalue weighted by Crippen LogP contribution is 2.64. The van der Waals surface area contributed by atoms with Gasteiger partial charge in [-0.1, -0.05) is 59.9 Å². The second-order valence-corrected chi connectivity index (χ2v) is 11.2. The van der Waals surface area contributed by atoms with Gasteiger partial charge in [-0.05, 0) is 54.2 Å². The summed E-state index contributed by atoms with van der Waals surface area (Å²) in [6, 6.07) is 19.4. The lowest BCUT2D eigenvalue weighted by atomic mass is 9.73. The molecule has 2 aromatic carbocycles. The van der Waals surface area contributed by atoms with Crippen molar-refractivity contribution in [1.29, 1.82) is 0 Å². The summed E-state index contributed by atoms with van der Waals surface area (Å²) in [6.45, 7) is 0. The lowest BCUT2D eigenvalue weighted by Crippen LogP contribution is -2.33. The quantitative estimate of drug-likeness (QED) is 0.396. The fourth-order valence-electron chi connectivity index (χ4n) is 6.49. The van der Waals surface area contributed by atoms with Crippen molar-refractivity contribution in [2.75, 3.05) is 0 Å². The van der Waals surface area contributed by atoms with Crippen LogP contribution in [0.2, 0.25) is 0 Å². The van der Waals surface area contributed by atoms with Crippen molar-refractivity contribution in [3.8, 4) is 11.3 Å². The maximum atomic E-state index is 12.4. The smallest absolute Gasteiger partial charge is 0.305 e. The Kier molecular flexibility index (Phi) is 3.71. The Bertz CT molecular complexity index is 1320. The molecule has 2 N–H and O–H groups in total. The Hall–Kier alpha value is -2.24. The van der Waals surface area contributed by atoms with Crippen LogP contribution in [0.25, 0.3) is 22.2 Å². The topological polar surface area (TPSA) is 48.6 Å². The predicted octanol–water partition coefficient (Wildman–Crippen LogP) is 6.24. The number of thiazole rings is 1. The predicted molar refractivity (Wildman–Crippen MR) is 124 cm³/mol. The van der Waals surface area contributed by atoms with Gasteiger partial charge < -0.3 is 9.97 Å². The normalized spacial score (nSPS) is 29.3. The molecule has 0 spiro atoms. The fourth-order valence-corrected chi connectivity index (χ4v) is 9.37. The third-order valence-electron chi connectivity index (χ3n) is 7.59. The van der Waals surface area contributed by atoms with Crippen LogP contribution in [0.15, 0.2) is 64.4 Å². The molecule has 4 aromatic rings. The molecule has 3 nitrogen and oxygen atoms in total. The summed E-state index contributed by atoms with van der Waals surface area (Å²) in [5.74, 6) is 2.49. The van der Waals surface area contributed by atoms with Crippen LogP contribution in [0.3, 0.4) is 0 Å². The van der Waals surface area contributed by atoms with Crippen molar-refractivity contribution in [2.24, 2.45) is 17.8 Å². The first-order chi connectivity index (χ1) is 14.8. The van der Waals surface area contributed by atoms with Gasteiger partial charge in [-0.25, -0.2) is 0 Å². The van der Waals surface area contributed by atoms with Crippen LogP contribution in [-0.2, 0) is 0 Å². The number of thioether (sulfide) groups is 1. The number of benzene rings is 2. The number of aromatic nitrogens is 2. The van der Waals surface area contributed by atoms with Gasteiger partial charge in [0.05, 0.1) is 10.7 Å². The molecule has 0 unspecified atom stereocenters. The minimum absolute atomic E-state index is 0.0888. The minimum Gasteiger partial charge on any atom is -0.354 e. The zero-order valence-electron chi connectivity index (χ0n) is 16.4. The second kappa shape index (κ2) is 6.38. The molecule has 2 aromatic heterocycles. The van der Waals surface area contributed by atoms with Crippen molar-refractivity contribution in [1.82, 2.24) is 9.97 Å². The molecule has 5 atom stereocenters. The zero-order chi connectivity index (χ0) is 19.8. The summed E-state index contributed by atoms with van der Waals surface area (Å²) >= 11 is 3.40. The van der Waals surface area contributed by atoms with Crippen LogP contribution in [0.5, 0.6) is 0 Å². The first kappa shape index (κ1) is 17.4. The summed E-state index contributed by atoms with van der Waals surface area (Å²) in [5.41, 5.74) is 5.04. The SMILES string of the molecule is O=c1[nH]c2c(s1)[C@@H](c1c(-c3ccccc3)[nH]c3ccccc13)[C@H]1[C@@H]3CC[C@H](C3)[C@H]1S2. The number of fused-ring (bicyclic) bond motifs is 7. The molecule has 2 fully saturated rings. The van der Waals surface area contributed by atoms with Crippen LogP contribution in [0.4, 0.5) is 0 Å². The molecule has 0 saturated heterocycles. The summed E-state index contributed by atoms with van der Waals surface area (Å²) < 4.78 is 0. The Morgan fingerprint density at radius 1 is 0.900 bits per heavy atom. The lowest BCUT2D eigenvalue weighted by Gasteiger charge is -2.40. The van der Waals surface area contributed by atoms with Gasteiger partial charge in [0, 0.05) is 26.9 Å². The number of rotatable bonds is 2. The van der Waals surface area contributed by atoms with Crippen LogP contribution >= 0.6 is 23.1 Å². The second-order valence-electron chi connectivity index (χ2n) is 9.00. The number of aromatic amines is 2. The van der Waals surface area contributed by atoms with Gasteiger partial charge in [0.25, 0.3) is 0 Å². The van der Waals surface area contributed by atoms with Crippen LogP contribution < -0.4 is 4.87 Å². The van der Waals surface area contributed by atoms with E-state index in [0.717, 1.165) is 16.9 Å². The molecule has 2 saturated carbocycles. The number of H-pyrrole nitrogens is 2. The molecular weight excluding hydrogens is 408 g/mol. The van der Waals surface area contributed by atoms with Crippen molar-refractivity contribution >= 4 is 34.0 Å². The molecule has 2 bridgehead atoms. The van der Waals surface area contributed by atoms with Crippen molar-refractivity contribution in [2.45, 2.75) is 35.5 Å². The summed E-state index contributed by atoms with van der Waals surface area (Å²) in [5, 5.41) is 3.07. The Balaban J connectivity index is 1.54. The molecule has 3 heterocycles. The van der Waals surface area contributed by atoms with E-state index in [1.807, 2.05) is 11.8 Å². The Labute approximate surface area is 182 Å². The third kappa shape index (κ3) is 2.36. The van der Waals surface area contributed by atoms with Crippen molar-refractivity contribution in [3.63, 3.8) is 0 Å². The van der Waals surface area contributed by atoms with Crippen LogP contribution in [0, 0.1) is 17.8 Å².